The molecule has 0 aliphatic carbocycles. The van der Waals surface area contributed by atoms with E-state index in [0.717, 1.165) is 6.07 Å². The van der Waals surface area contributed by atoms with Crippen molar-refractivity contribution >= 4 is 0 Å². The van der Waals surface area contributed by atoms with Gasteiger partial charge in [0.2, 0.25) is 5.82 Å². The minimum atomic E-state index is -3.53. The third-order valence-corrected chi connectivity index (χ3v) is 1.53. The molecule has 1 aromatic rings. The second-order valence-corrected chi connectivity index (χ2v) is 2.92. The van der Waals surface area contributed by atoms with Crippen molar-refractivity contribution in [1.82, 2.24) is 0 Å². The van der Waals surface area contributed by atoms with Gasteiger partial charge in [0.05, 0.1) is 0 Å². The zero-order valence-electron chi connectivity index (χ0n) is 7.57. The second-order valence-electron chi connectivity index (χ2n) is 2.92. The van der Waals surface area contributed by atoms with Gasteiger partial charge in [0.1, 0.15) is 0 Å². The molecule has 0 N–H and O–H groups in total. The molecule has 0 heterocycles. The van der Waals surface area contributed by atoms with Crippen LogP contribution in [0.15, 0.2) is 12.1 Å². The summed E-state index contributed by atoms with van der Waals surface area (Å²) in [7, 11) is 0. The van der Waals surface area contributed by atoms with Crippen molar-refractivity contribution < 1.29 is 22.3 Å². The highest BCUT2D eigenvalue weighted by Crippen LogP contribution is 2.26. The maximum Gasteiger partial charge on any atom is 0.395 e. The van der Waals surface area contributed by atoms with Gasteiger partial charge >= 0.3 is 6.11 Å². The van der Waals surface area contributed by atoms with Crippen LogP contribution in [0.5, 0.6) is 5.75 Å². The van der Waals surface area contributed by atoms with Crippen molar-refractivity contribution in [1.29, 1.82) is 0 Å². The molecule has 1 nitrogen and oxygen atoms in total. The smallest absolute Gasteiger partial charge is 0.395 e. The van der Waals surface area contributed by atoms with Gasteiger partial charge in [0, 0.05) is 6.92 Å². The summed E-state index contributed by atoms with van der Waals surface area (Å²) in [6, 6.07) is 2.13. The molecular weight excluding hydrogens is 200 g/mol. The number of benzene rings is 1. The number of hydrogen-bond acceptors (Lipinski definition) is 1. The summed E-state index contributed by atoms with van der Waals surface area (Å²) in [6.07, 6.45) is -3.53. The predicted molar refractivity (Wildman–Crippen MR) is 42.3 cm³/mol. The lowest BCUT2D eigenvalue weighted by atomic mass is 10.2. The molecule has 0 saturated heterocycles. The summed E-state index contributed by atoms with van der Waals surface area (Å²) in [6.45, 7) is 1.77. The van der Waals surface area contributed by atoms with Crippen molar-refractivity contribution in [3.05, 3.63) is 29.3 Å². The third kappa shape index (κ3) is 2.37. The van der Waals surface area contributed by atoms with Gasteiger partial charge in [-0.15, -0.1) is 0 Å². The fourth-order valence-corrected chi connectivity index (χ4v) is 0.900. The van der Waals surface area contributed by atoms with Crippen molar-refractivity contribution in [3.8, 4) is 5.75 Å². The van der Waals surface area contributed by atoms with Crippen molar-refractivity contribution in [2.75, 3.05) is 0 Å². The molecule has 0 fully saturated rings. The van der Waals surface area contributed by atoms with E-state index in [4.69, 9.17) is 0 Å². The topological polar surface area (TPSA) is 9.23 Å². The lowest BCUT2D eigenvalue weighted by molar-refractivity contribution is -0.160. The predicted octanol–water partition coefficient (Wildman–Crippen LogP) is 3.26. The van der Waals surface area contributed by atoms with Crippen LogP contribution in [0, 0.1) is 18.6 Å². The molecule has 0 atom stereocenters. The summed E-state index contributed by atoms with van der Waals surface area (Å²) in [5.41, 5.74) is 0.0364. The fourth-order valence-electron chi connectivity index (χ4n) is 0.900. The quantitative estimate of drug-likeness (QED) is 0.678. The average Bonchev–Trinajstić information content (AvgIpc) is 2.04. The van der Waals surface area contributed by atoms with Crippen molar-refractivity contribution in [2.45, 2.75) is 20.0 Å². The third-order valence-electron chi connectivity index (χ3n) is 1.53. The van der Waals surface area contributed by atoms with Gasteiger partial charge in [-0.2, -0.15) is 13.2 Å². The number of rotatable bonds is 2. The van der Waals surface area contributed by atoms with Gasteiger partial charge in [-0.3, -0.25) is 0 Å². The molecule has 0 unspecified atom stereocenters. The molecule has 0 aromatic heterocycles. The highest BCUT2D eigenvalue weighted by Gasteiger charge is 2.26. The Morgan fingerprint density at radius 1 is 1.14 bits per heavy atom. The molecule has 0 aliphatic rings. The normalized spacial score (nSPS) is 11.6. The number of hydrogen-bond donors (Lipinski definition) is 0. The molecule has 5 heteroatoms. The first-order valence-corrected chi connectivity index (χ1v) is 3.82. The Bertz CT molecular complexity index is 343. The number of aryl methyl sites for hydroxylation is 1. The SMILES string of the molecule is Cc1ccc(OC(C)(F)F)c(F)c1F. The first kappa shape index (κ1) is 10.8. The number of alkyl halides is 2. The van der Waals surface area contributed by atoms with Crippen LogP contribution >= 0.6 is 0 Å². The van der Waals surface area contributed by atoms with Gasteiger partial charge in [-0.05, 0) is 18.6 Å². The van der Waals surface area contributed by atoms with E-state index in [1.165, 1.54) is 13.0 Å². The average molecular weight is 208 g/mol. The lowest BCUT2D eigenvalue weighted by Gasteiger charge is -2.14. The highest BCUT2D eigenvalue weighted by molar-refractivity contribution is 5.30. The zero-order valence-corrected chi connectivity index (χ0v) is 7.57. The first-order chi connectivity index (χ1) is 6.31. The van der Waals surface area contributed by atoms with Crippen LogP contribution in [0.1, 0.15) is 12.5 Å². The maximum absolute atomic E-state index is 13.0. The first-order valence-electron chi connectivity index (χ1n) is 3.82. The molecule has 0 aliphatic heterocycles. The molecule has 0 amide bonds. The second kappa shape index (κ2) is 3.48. The zero-order chi connectivity index (χ0) is 10.9. The molecule has 1 aromatic carbocycles. The Balaban J connectivity index is 3.06. The Morgan fingerprint density at radius 3 is 2.21 bits per heavy atom. The highest BCUT2D eigenvalue weighted by atomic mass is 19.3. The number of halogens is 4. The van der Waals surface area contributed by atoms with E-state index < -0.39 is 23.5 Å². The Labute approximate surface area is 78.3 Å². The van der Waals surface area contributed by atoms with Gasteiger partial charge in [0.25, 0.3) is 0 Å². The van der Waals surface area contributed by atoms with E-state index in [-0.39, 0.29) is 5.56 Å². The van der Waals surface area contributed by atoms with E-state index in [9.17, 15) is 17.6 Å². The minimum Gasteiger partial charge on any atom is -0.430 e. The van der Waals surface area contributed by atoms with Crippen LogP contribution in [-0.4, -0.2) is 6.11 Å². The summed E-state index contributed by atoms with van der Waals surface area (Å²) in [5.74, 6) is -3.36. The van der Waals surface area contributed by atoms with Crippen LogP contribution in [0.2, 0.25) is 0 Å². The molecular formula is C9H8F4O. The number of ether oxygens (including phenoxy) is 1. The monoisotopic (exact) mass is 208 g/mol. The van der Waals surface area contributed by atoms with Gasteiger partial charge in [-0.1, -0.05) is 6.07 Å². The summed E-state index contributed by atoms with van der Waals surface area (Å²) < 4.78 is 54.4. The summed E-state index contributed by atoms with van der Waals surface area (Å²) >= 11 is 0. The van der Waals surface area contributed by atoms with Crippen LogP contribution in [0.25, 0.3) is 0 Å². The molecule has 14 heavy (non-hydrogen) atoms. The Hall–Kier alpha value is -1.26. The van der Waals surface area contributed by atoms with E-state index in [2.05, 4.69) is 4.74 Å². The van der Waals surface area contributed by atoms with Crippen LogP contribution < -0.4 is 4.74 Å². The minimum absolute atomic E-state index is 0.0364. The molecule has 0 spiro atoms. The standard InChI is InChI=1S/C9H8F4O/c1-5-3-4-6(8(11)7(5)10)14-9(2,12)13/h3-4H,1-2H3. The largest absolute Gasteiger partial charge is 0.430 e. The molecule has 78 valence electrons. The van der Waals surface area contributed by atoms with Gasteiger partial charge < -0.3 is 4.74 Å². The Morgan fingerprint density at radius 2 is 1.71 bits per heavy atom. The van der Waals surface area contributed by atoms with Gasteiger partial charge in [-0.25, -0.2) is 4.39 Å². The molecule has 1 rings (SSSR count). The van der Waals surface area contributed by atoms with Crippen molar-refractivity contribution in [2.24, 2.45) is 0 Å². The van der Waals surface area contributed by atoms with Crippen LogP contribution in [0.3, 0.4) is 0 Å². The van der Waals surface area contributed by atoms with E-state index in [1.807, 2.05) is 0 Å². The molecule has 0 radical (unpaired) electrons. The maximum atomic E-state index is 13.0. The summed E-state index contributed by atoms with van der Waals surface area (Å²) in [4.78, 5) is 0. The summed E-state index contributed by atoms with van der Waals surface area (Å²) in [5, 5.41) is 0. The van der Waals surface area contributed by atoms with Crippen LogP contribution in [0.4, 0.5) is 17.6 Å². The lowest BCUT2D eigenvalue weighted by Crippen LogP contribution is -2.20. The van der Waals surface area contributed by atoms with E-state index >= 15 is 0 Å². The Kier molecular flexibility index (Phi) is 2.69. The molecule has 0 bridgehead atoms. The van der Waals surface area contributed by atoms with E-state index in [1.54, 1.807) is 0 Å². The van der Waals surface area contributed by atoms with Crippen molar-refractivity contribution in [3.63, 3.8) is 0 Å². The molecule has 0 saturated carbocycles. The van der Waals surface area contributed by atoms with Crippen LogP contribution in [-0.2, 0) is 0 Å². The fraction of sp³-hybridized carbons (Fsp3) is 0.333. The van der Waals surface area contributed by atoms with Gasteiger partial charge in [0.15, 0.2) is 11.6 Å². The van der Waals surface area contributed by atoms with E-state index in [0.29, 0.717) is 6.92 Å².